The highest BCUT2D eigenvalue weighted by Crippen LogP contribution is 2.43. The Bertz CT molecular complexity index is 1810. The molecule has 1 atom stereocenters. The quantitative estimate of drug-likeness (QED) is 0.239. The van der Waals surface area contributed by atoms with E-state index in [9.17, 15) is 19.5 Å². The van der Waals surface area contributed by atoms with E-state index in [1.54, 1.807) is 22.5 Å². The lowest BCUT2D eigenvalue weighted by atomic mass is 9.86. The number of hydrogen-bond donors (Lipinski definition) is 2. The Labute approximate surface area is 266 Å². The first kappa shape index (κ1) is 30.5. The highest BCUT2D eigenvalue weighted by atomic mass is 16.7. The Morgan fingerprint density at radius 1 is 1.07 bits per heavy atom. The number of hydrogen-bond acceptors (Lipinski definition) is 11. The van der Waals surface area contributed by atoms with Crippen molar-refractivity contribution >= 4 is 23.0 Å². The maximum absolute atomic E-state index is 13.8. The number of nitrogens with one attached hydrogen (secondary N) is 1. The zero-order valence-electron chi connectivity index (χ0n) is 26.6. The summed E-state index contributed by atoms with van der Waals surface area (Å²) in [4.78, 5) is 47.9. The minimum atomic E-state index is -1.89. The Hall–Kier alpha value is -4.20. The van der Waals surface area contributed by atoms with Crippen LogP contribution in [-0.2, 0) is 39.6 Å². The first-order chi connectivity index (χ1) is 22.0. The van der Waals surface area contributed by atoms with E-state index in [-0.39, 0.29) is 42.6 Å². The zero-order chi connectivity index (χ0) is 32.4. The molecule has 0 unspecified atom stereocenters. The molecule has 4 aliphatic rings. The van der Waals surface area contributed by atoms with Crippen LogP contribution in [0.5, 0.6) is 11.5 Å². The molecule has 244 valence electrons. The molecule has 13 heteroatoms. The summed E-state index contributed by atoms with van der Waals surface area (Å²) in [6.45, 7) is 12.3. The number of esters is 1. The van der Waals surface area contributed by atoms with Crippen LogP contribution in [0.2, 0.25) is 0 Å². The van der Waals surface area contributed by atoms with E-state index >= 15 is 0 Å². The summed E-state index contributed by atoms with van der Waals surface area (Å²) in [7, 11) is 0. The SMILES string of the molecule is CC[C@@]1(O)C(=O)OCc2c1cc1n(c2=O)Cc2c-1nc1cc3c(cc1c2CNCCN1CCN(C(=O)OC(C)(C)C)CC1)OCO3. The van der Waals surface area contributed by atoms with Gasteiger partial charge in [-0.1, -0.05) is 6.92 Å². The van der Waals surface area contributed by atoms with Gasteiger partial charge in [0.25, 0.3) is 5.56 Å². The normalized spacial score (nSPS) is 20.4. The lowest BCUT2D eigenvalue weighted by Crippen LogP contribution is -2.51. The maximum atomic E-state index is 13.8. The van der Waals surface area contributed by atoms with E-state index in [2.05, 4.69) is 10.2 Å². The van der Waals surface area contributed by atoms with Crippen LogP contribution < -0.4 is 20.3 Å². The summed E-state index contributed by atoms with van der Waals surface area (Å²) in [5.41, 5.74) is 1.65. The number of aliphatic hydroxyl groups is 1. The predicted octanol–water partition coefficient (Wildman–Crippen LogP) is 2.45. The molecule has 2 N–H and O–H groups in total. The fraction of sp³-hybridized carbons (Fsp3) is 0.515. The monoisotopic (exact) mass is 633 g/mol. The van der Waals surface area contributed by atoms with Gasteiger partial charge in [-0.3, -0.25) is 9.69 Å². The van der Waals surface area contributed by atoms with Crippen molar-refractivity contribution in [3.8, 4) is 22.9 Å². The number of carbonyl (C=O) groups is 2. The van der Waals surface area contributed by atoms with Gasteiger partial charge in [-0.25, -0.2) is 14.6 Å². The van der Waals surface area contributed by atoms with Gasteiger partial charge in [-0.05, 0) is 44.9 Å². The average molecular weight is 634 g/mol. The summed E-state index contributed by atoms with van der Waals surface area (Å²) in [5.74, 6) is 0.499. The van der Waals surface area contributed by atoms with Crippen LogP contribution in [0, 0.1) is 0 Å². The number of rotatable bonds is 6. The van der Waals surface area contributed by atoms with Crippen LogP contribution in [0.3, 0.4) is 0 Å². The van der Waals surface area contributed by atoms with Crippen LogP contribution in [0.4, 0.5) is 4.79 Å². The zero-order valence-corrected chi connectivity index (χ0v) is 26.6. The van der Waals surface area contributed by atoms with Crippen molar-refractivity contribution in [3.63, 3.8) is 0 Å². The molecular formula is C33H39N5O8. The number of pyridine rings is 2. The summed E-state index contributed by atoms with van der Waals surface area (Å²) in [6.07, 6.45) is -0.196. The lowest BCUT2D eigenvalue weighted by Gasteiger charge is -2.35. The molecule has 46 heavy (non-hydrogen) atoms. The van der Waals surface area contributed by atoms with Gasteiger partial charge in [0.15, 0.2) is 17.1 Å². The summed E-state index contributed by atoms with van der Waals surface area (Å²) < 4.78 is 23.7. The van der Waals surface area contributed by atoms with Crippen LogP contribution >= 0.6 is 0 Å². The van der Waals surface area contributed by atoms with Crippen molar-refractivity contribution in [1.82, 2.24) is 24.7 Å². The first-order valence-electron chi connectivity index (χ1n) is 15.8. The van der Waals surface area contributed by atoms with E-state index in [1.807, 2.05) is 32.9 Å². The van der Waals surface area contributed by atoms with Gasteiger partial charge in [-0.15, -0.1) is 0 Å². The third-order valence-electron chi connectivity index (χ3n) is 9.23. The Balaban J connectivity index is 1.14. The van der Waals surface area contributed by atoms with Crippen molar-refractivity contribution in [2.75, 3.05) is 46.1 Å². The second kappa shape index (κ2) is 11.2. The molecule has 6 heterocycles. The second-order valence-corrected chi connectivity index (χ2v) is 13.2. The minimum absolute atomic E-state index is 0.0778. The van der Waals surface area contributed by atoms with Crippen LogP contribution in [-0.4, -0.2) is 88.2 Å². The number of ether oxygens (including phenoxy) is 4. The molecule has 1 aromatic carbocycles. The first-order valence-corrected chi connectivity index (χ1v) is 15.8. The van der Waals surface area contributed by atoms with E-state index in [4.69, 9.17) is 23.9 Å². The maximum Gasteiger partial charge on any atom is 0.410 e. The molecule has 3 aromatic rings. The number of cyclic esters (lactones) is 1. The van der Waals surface area contributed by atoms with Gasteiger partial charge in [0.05, 0.1) is 29.0 Å². The number of piperazine rings is 1. The second-order valence-electron chi connectivity index (χ2n) is 13.2. The Morgan fingerprint density at radius 2 is 1.80 bits per heavy atom. The minimum Gasteiger partial charge on any atom is -0.458 e. The van der Waals surface area contributed by atoms with Gasteiger partial charge in [0.1, 0.15) is 12.2 Å². The van der Waals surface area contributed by atoms with Gasteiger partial charge < -0.3 is 38.8 Å². The van der Waals surface area contributed by atoms with Gasteiger partial charge in [0, 0.05) is 68.4 Å². The molecule has 7 rings (SSSR count). The lowest BCUT2D eigenvalue weighted by molar-refractivity contribution is -0.172. The van der Waals surface area contributed by atoms with Crippen LogP contribution in [0.25, 0.3) is 22.3 Å². The van der Waals surface area contributed by atoms with Gasteiger partial charge in [-0.2, -0.15) is 0 Å². The fourth-order valence-electron chi connectivity index (χ4n) is 6.68. The average Bonchev–Trinajstić information content (AvgIpc) is 3.64. The number of benzene rings is 1. The third-order valence-corrected chi connectivity index (χ3v) is 9.23. The molecular weight excluding hydrogens is 594 g/mol. The topological polar surface area (TPSA) is 145 Å². The molecule has 13 nitrogen and oxygen atoms in total. The Kier molecular flexibility index (Phi) is 7.45. The Morgan fingerprint density at radius 3 is 2.52 bits per heavy atom. The molecule has 0 bridgehead atoms. The molecule has 4 aliphatic heterocycles. The molecule has 1 amide bonds. The highest BCUT2D eigenvalue weighted by Gasteiger charge is 2.45. The van der Waals surface area contributed by atoms with Crippen molar-refractivity contribution in [1.29, 1.82) is 0 Å². The van der Waals surface area contributed by atoms with Gasteiger partial charge >= 0.3 is 12.1 Å². The predicted molar refractivity (Wildman–Crippen MR) is 167 cm³/mol. The van der Waals surface area contributed by atoms with Gasteiger partial charge in [0.2, 0.25) is 6.79 Å². The van der Waals surface area contributed by atoms with E-state index in [1.165, 1.54) is 0 Å². The molecule has 0 saturated carbocycles. The number of nitrogens with zero attached hydrogens (tertiary/aromatic N) is 4. The van der Waals surface area contributed by atoms with Crippen molar-refractivity contribution < 1.29 is 33.6 Å². The number of amides is 1. The molecule has 2 aromatic heterocycles. The van der Waals surface area contributed by atoms with Crippen molar-refractivity contribution in [2.45, 2.75) is 65.0 Å². The molecule has 1 saturated heterocycles. The summed E-state index contributed by atoms with van der Waals surface area (Å²) in [6, 6.07) is 5.52. The molecule has 1 fully saturated rings. The van der Waals surface area contributed by atoms with Crippen molar-refractivity contribution in [2.24, 2.45) is 0 Å². The van der Waals surface area contributed by atoms with E-state index < -0.39 is 17.2 Å². The largest absolute Gasteiger partial charge is 0.458 e. The third kappa shape index (κ3) is 5.16. The van der Waals surface area contributed by atoms with E-state index in [0.29, 0.717) is 61.1 Å². The molecule has 0 spiro atoms. The van der Waals surface area contributed by atoms with Crippen LogP contribution in [0.15, 0.2) is 23.0 Å². The number of fused-ring (bicyclic) bond motifs is 6. The van der Waals surface area contributed by atoms with Crippen molar-refractivity contribution in [3.05, 3.63) is 50.8 Å². The fourth-order valence-corrected chi connectivity index (χ4v) is 6.68. The number of aromatic nitrogens is 2. The summed E-state index contributed by atoms with van der Waals surface area (Å²) in [5, 5.41) is 15.7. The smallest absolute Gasteiger partial charge is 0.410 e. The standard InChI is InChI=1S/C33H39N5O8/c1-5-33(42)23-13-25-28-21(16-38(25)29(39)22(23)17-43-30(33)40)20(19-12-26-27(45-18-44-26)14-24(19)35-28)15-34-6-7-36-8-10-37(11-9-36)31(41)46-32(2,3)4/h12-14,34,42H,5-11,15-18H2,1-4H3/t33-/m0/s1. The molecule has 0 aliphatic carbocycles. The number of carbonyl (C=O) groups excluding carboxylic acids is 2. The molecule has 0 radical (unpaired) electrons. The van der Waals surface area contributed by atoms with E-state index in [0.717, 1.165) is 36.1 Å². The van der Waals surface area contributed by atoms with Crippen LogP contribution in [0.1, 0.15) is 56.4 Å². The highest BCUT2D eigenvalue weighted by molar-refractivity contribution is 5.91. The summed E-state index contributed by atoms with van der Waals surface area (Å²) >= 11 is 0.